The Balaban J connectivity index is 2.55. The molecule has 1 N–H and O–H groups in total. The monoisotopic (exact) mass is 243 g/mol. The molecule has 1 atom stereocenters. The summed E-state index contributed by atoms with van der Waals surface area (Å²) in [4.78, 5) is 13.9. The number of nitrogens with zero attached hydrogens (tertiary/aromatic N) is 1. The number of hydrogen-bond acceptors (Lipinski definition) is 3. The van der Waals surface area contributed by atoms with E-state index >= 15 is 0 Å². The molecule has 0 heterocycles. The molecule has 0 bridgehead atoms. The molecule has 1 unspecified atom stereocenters. The zero-order valence-electron chi connectivity index (χ0n) is 11.8. The zero-order chi connectivity index (χ0) is 13.4. The molecule has 17 heavy (non-hydrogen) atoms. The van der Waals surface area contributed by atoms with Crippen LogP contribution < -0.4 is 0 Å². The van der Waals surface area contributed by atoms with Crippen LogP contribution in [0.2, 0.25) is 0 Å². The molecule has 0 aromatic heterocycles. The van der Waals surface area contributed by atoms with Crippen molar-refractivity contribution in [3.8, 4) is 0 Å². The number of carbonyl (C=O) groups is 1. The van der Waals surface area contributed by atoms with Crippen LogP contribution >= 0.6 is 0 Å². The second-order valence-electron chi connectivity index (χ2n) is 6.20. The second-order valence-corrected chi connectivity index (χ2v) is 6.20. The summed E-state index contributed by atoms with van der Waals surface area (Å²) >= 11 is 0. The van der Waals surface area contributed by atoms with E-state index in [0.717, 1.165) is 0 Å². The first-order chi connectivity index (χ1) is 7.66. The lowest BCUT2D eigenvalue weighted by Gasteiger charge is -2.21. The van der Waals surface area contributed by atoms with Crippen LogP contribution in [-0.4, -0.2) is 49.3 Å². The first kappa shape index (κ1) is 14.5. The van der Waals surface area contributed by atoms with E-state index in [9.17, 15) is 9.90 Å². The van der Waals surface area contributed by atoms with Gasteiger partial charge in [-0.2, -0.15) is 0 Å². The Morgan fingerprint density at radius 2 is 1.82 bits per heavy atom. The number of amides is 1. The third-order valence-corrected chi connectivity index (χ3v) is 4.49. The fraction of sp³-hybridized carbons (Fsp3) is 0.923. The Kier molecular flexibility index (Phi) is 3.89. The van der Waals surface area contributed by atoms with Crippen molar-refractivity contribution in [1.82, 2.24) is 4.90 Å². The minimum Gasteiger partial charge on any atom is -0.389 e. The fourth-order valence-corrected chi connectivity index (χ4v) is 2.69. The molecule has 0 aliphatic heterocycles. The van der Waals surface area contributed by atoms with E-state index in [1.165, 1.54) is 7.11 Å². The third kappa shape index (κ3) is 2.47. The van der Waals surface area contributed by atoms with Gasteiger partial charge in [0.05, 0.1) is 12.7 Å². The van der Waals surface area contributed by atoms with Gasteiger partial charge in [0.2, 0.25) is 5.91 Å². The second kappa shape index (κ2) is 4.58. The van der Waals surface area contributed by atoms with Crippen molar-refractivity contribution in [2.24, 2.45) is 16.7 Å². The average Bonchev–Trinajstić information content (AvgIpc) is 2.56. The minimum atomic E-state index is -0.612. The molecule has 0 aromatic carbocycles. The van der Waals surface area contributed by atoms with Gasteiger partial charge in [0, 0.05) is 26.6 Å². The van der Waals surface area contributed by atoms with Crippen molar-refractivity contribution >= 4 is 5.91 Å². The molecule has 4 nitrogen and oxygen atoms in total. The summed E-state index contributed by atoms with van der Waals surface area (Å²) in [7, 11) is 3.28. The summed E-state index contributed by atoms with van der Waals surface area (Å²) in [5.74, 6) is 0.171. The molecular weight excluding hydrogens is 218 g/mol. The van der Waals surface area contributed by atoms with Crippen LogP contribution in [0.3, 0.4) is 0 Å². The summed E-state index contributed by atoms with van der Waals surface area (Å²) in [5.41, 5.74) is 0.0924. The van der Waals surface area contributed by atoms with Gasteiger partial charge in [-0.3, -0.25) is 4.79 Å². The zero-order valence-corrected chi connectivity index (χ0v) is 11.8. The standard InChI is InChI=1S/C13H25NO3/c1-12(2)10(13(12,3)4)11(16)14(5)7-9(15)8-17-6/h9-10,15H,7-8H2,1-6H3. The van der Waals surface area contributed by atoms with E-state index < -0.39 is 6.10 Å². The number of aliphatic hydroxyl groups is 1. The van der Waals surface area contributed by atoms with Gasteiger partial charge in [0.15, 0.2) is 0 Å². The van der Waals surface area contributed by atoms with E-state index in [2.05, 4.69) is 27.7 Å². The summed E-state index contributed by atoms with van der Waals surface area (Å²) in [6.45, 7) is 9.07. The molecule has 1 fully saturated rings. The van der Waals surface area contributed by atoms with Gasteiger partial charge in [-0.05, 0) is 10.8 Å². The van der Waals surface area contributed by atoms with Crippen LogP contribution in [0.25, 0.3) is 0 Å². The van der Waals surface area contributed by atoms with Crippen LogP contribution in [0.5, 0.6) is 0 Å². The van der Waals surface area contributed by atoms with Crippen molar-refractivity contribution in [1.29, 1.82) is 0 Å². The van der Waals surface area contributed by atoms with Crippen molar-refractivity contribution in [3.05, 3.63) is 0 Å². The molecule has 100 valence electrons. The lowest BCUT2D eigenvalue weighted by atomic mass is 10.0. The third-order valence-electron chi connectivity index (χ3n) is 4.49. The van der Waals surface area contributed by atoms with Crippen molar-refractivity contribution < 1.29 is 14.6 Å². The van der Waals surface area contributed by atoms with Crippen LogP contribution in [0.4, 0.5) is 0 Å². The van der Waals surface area contributed by atoms with Gasteiger partial charge >= 0.3 is 0 Å². The molecule has 1 aliphatic carbocycles. The predicted octanol–water partition coefficient (Wildman–Crippen LogP) is 1.13. The lowest BCUT2D eigenvalue weighted by molar-refractivity contribution is -0.134. The molecule has 0 aromatic rings. The lowest BCUT2D eigenvalue weighted by Crippen LogP contribution is -2.38. The van der Waals surface area contributed by atoms with Crippen LogP contribution in [-0.2, 0) is 9.53 Å². The molecule has 0 spiro atoms. The van der Waals surface area contributed by atoms with E-state index in [-0.39, 0.29) is 29.3 Å². The average molecular weight is 243 g/mol. The molecule has 1 rings (SSSR count). The molecule has 4 heteroatoms. The maximum Gasteiger partial charge on any atom is 0.226 e. The van der Waals surface area contributed by atoms with E-state index in [1.54, 1.807) is 11.9 Å². The van der Waals surface area contributed by atoms with Gasteiger partial charge in [-0.15, -0.1) is 0 Å². The first-order valence-corrected chi connectivity index (χ1v) is 6.08. The number of carbonyl (C=O) groups excluding carboxylic acids is 1. The maximum absolute atomic E-state index is 12.3. The molecular formula is C13H25NO3. The van der Waals surface area contributed by atoms with E-state index in [4.69, 9.17) is 4.74 Å². The van der Waals surface area contributed by atoms with Gasteiger partial charge in [-0.1, -0.05) is 27.7 Å². The summed E-state index contributed by atoms with van der Waals surface area (Å²) in [5, 5.41) is 9.61. The number of aliphatic hydroxyl groups excluding tert-OH is 1. The fourth-order valence-electron chi connectivity index (χ4n) is 2.69. The van der Waals surface area contributed by atoms with Gasteiger partial charge in [0.1, 0.15) is 0 Å². The van der Waals surface area contributed by atoms with Crippen LogP contribution in [0, 0.1) is 16.7 Å². The largest absolute Gasteiger partial charge is 0.389 e. The number of methoxy groups -OCH3 is 1. The Hall–Kier alpha value is -0.610. The van der Waals surface area contributed by atoms with Gasteiger partial charge in [0.25, 0.3) is 0 Å². The Morgan fingerprint density at radius 3 is 2.18 bits per heavy atom. The highest BCUT2D eigenvalue weighted by molar-refractivity contribution is 5.84. The van der Waals surface area contributed by atoms with Gasteiger partial charge < -0.3 is 14.7 Å². The minimum absolute atomic E-state index is 0.0462. The normalized spacial score (nSPS) is 23.2. The van der Waals surface area contributed by atoms with Crippen molar-refractivity contribution in [2.45, 2.75) is 33.8 Å². The number of ether oxygens (including phenoxy) is 1. The van der Waals surface area contributed by atoms with Gasteiger partial charge in [-0.25, -0.2) is 0 Å². The Morgan fingerprint density at radius 1 is 1.35 bits per heavy atom. The molecule has 1 saturated carbocycles. The van der Waals surface area contributed by atoms with E-state index in [1.807, 2.05) is 0 Å². The van der Waals surface area contributed by atoms with E-state index in [0.29, 0.717) is 6.54 Å². The molecule has 1 aliphatic rings. The predicted molar refractivity (Wildman–Crippen MR) is 66.6 cm³/mol. The highest BCUT2D eigenvalue weighted by Crippen LogP contribution is 2.68. The molecule has 1 amide bonds. The quantitative estimate of drug-likeness (QED) is 0.787. The Labute approximate surface area is 104 Å². The highest BCUT2D eigenvalue weighted by Gasteiger charge is 2.68. The topological polar surface area (TPSA) is 49.8 Å². The number of likely N-dealkylation sites (N-methyl/N-ethyl adjacent to an activating group) is 1. The molecule has 0 saturated heterocycles. The van der Waals surface area contributed by atoms with Crippen LogP contribution in [0.1, 0.15) is 27.7 Å². The Bertz CT molecular complexity index is 285. The number of rotatable bonds is 5. The number of hydrogen-bond donors (Lipinski definition) is 1. The summed E-state index contributed by atoms with van der Waals surface area (Å²) in [6, 6.07) is 0. The van der Waals surface area contributed by atoms with Crippen molar-refractivity contribution in [3.63, 3.8) is 0 Å². The smallest absolute Gasteiger partial charge is 0.226 e. The maximum atomic E-state index is 12.3. The van der Waals surface area contributed by atoms with Crippen LogP contribution in [0.15, 0.2) is 0 Å². The highest BCUT2D eigenvalue weighted by atomic mass is 16.5. The summed E-state index contributed by atoms with van der Waals surface area (Å²) < 4.78 is 4.85. The SMILES string of the molecule is COCC(O)CN(C)C(=O)C1C(C)(C)C1(C)C. The first-order valence-electron chi connectivity index (χ1n) is 6.08. The summed E-state index contributed by atoms with van der Waals surface area (Å²) in [6.07, 6.45) is -0.612. The van der Waals surface area contributed by atoms with Crippen molar-refractivity contribution in [2.75, 3.05) is 27.3 Å². The molecule has 0 radical (unpaired) electrons.